The molecule has 0 unspecified atom stereocenters. The number of nitrogens with zero attached hydrogens (tertiary/aromatic N) is 3. The minimum atomic E-state index is -0.200. The first-order valence-electron chi connectivity index (χ1n) is 21.1. The van der Waals surface area contributed by atoms with Gasteiger partial charge in [-0.2, -0.15) is 0 Å². The van der Waals surface area contributed by atoms with Crippen LogP contribution in [0.5, 0.6) is 0 Å². The number of fused-ring (bicyclic) bond motifs is 7. The summed E-state index contributed by atoms with van der Waals surface area (Å²) in [5.41, 5.74) is 3.36. The maximum Gasteiger partial charge on any atom is 0.264 e. The monoisotopic (exact) mass is 737 g/mol. The van der Waals surface area contributed by atoms with Crippen molar-refractivity contribution in [2.75, 3.05) is 6.54 Å². The number of unbranched alkanes of at least 4 members (excludes halogenated alkanes) is 13. The molecule has 0 saturated heterocycles. The molecule has 6 heteroatoms. The smallest absolute Gasteiger partial charge is 0.264 e. The fraction of sp³-hybridized carbons (Fsp3) is 0.320. The Morgan fingerprint density at radius 2 is 0.946 bits per heavy atom. The molecule has 0 bridgehead atoms. The zero-order chi connectivity index (χ0) is 37.9. The number of benzene rings is 7. The summed E-state index contributed by atoms with van der Waals surface area (Å²) in [6, 6.07) is 28.4. The first-order chi connectivity index (χ1) is 27.5. The van der Waals surface area contributed by atoms with E-state index in [0.29, 0.717) is 28.7 Å². The molecule has 2 amide bonds. The molecule has 1 aliphatic heterocycles. The summed E-state index contributed by atoms with van der Waals surface area (Å²) in [7, 11) is 0. The number of aromatic nitrogens is 2. The van der Waals surface area contributed by atoms with Crippen LogP contribution in [0.4, 0.5) is 0 Å². The Kier molecular flexibility index (Phi) is 8.80. The quantitative estimate of drug-likeness (QED) is 0.0454. The largest absolute Gasteiger partial charge is 0.274 e. The van der Waals surface area contributed by atoms with Crippen molar-refractivity contribution in [2.45, 2.75) is 96.8 Å². The molecule has 0 spiro atoms. The van der Waals surface area contributed by atoms with Crippen molar-refractivity contribution in [3.05, 3.63) is 106 Å². The Morgan fingerprint density at radius 1 is 0.482 bits per heavy atom. The summed E-state index contributed by atoms with van der Waals surface area (Å²) in [4.78, 5) is 49.0. The van der Waals surface area contributed by atoms with Gasteiger partial charge in [0.05, 0.1) is 11.0 Å². The maximum absolute atomic E-state index is 14.4. The van der Waals surface area contributed by atoms with Crippen molar-refractivity contribution >= 4 is 93.1 Å². The van der Waals surface area contributed by atoms with E-state index >= 15 is 0 Å². The number of amides is 2. The molecule has 9 aromatic rings. The van der Waals surface area contributed by atoms with Crippen LogP contribution in [0, 0.1) is 0 Å². The first kappa shape index (κ1) is 34.8. The summed E-state index contributed by atoms with van der Waals surface area (Å²) in [6.07, 6.45) is 17.7. The van der Waals surface area contributed by atoms with Gasteiger partial charge in [-0.1, -0.05) is 139 Å². The number of imidazole rings is 1. The second-order valence-corrected chi connectivity index (χ2v) is 16.3. The van der Waals surface area contributed by atoms with Gasteiger partial charge in [0.15, 0.2) is 0 Å². The molecular formula is C50H47N3O3. The molecule has 6 nitrogen and oxygen atoms in total. The minimum Gasteiger partial charge on any atom is -0.274 e. The minimum absolute atomic E-state index is 0.0832. The average molecular weight is 738 g/mol. The third-order valence-electron chi connectivity index (χ3n) is 12.8. The molecule has 10 rings (SSSR count). The average Bonchev–Trinajstić information content (AvgIpc) is 3.60. The van der Waals surface area contributed by atoms with Crippen LogP contribution in [-0.4, -0.2) is 32.6 Å². The van der Waals surface area contributed by atoms with E-state index in [1.807, 2.05) is 48.5 Å². The zero-order valence-corrected chi connectivity index (χ0v) is 32.3. The van der Waals surface area contributed by atoms with Crippen molar-refractivity contribution in [2.24, 2.45) is 0 Å². The number of imide groups is 1. The van der Waals surface area contributed by atoms with Gasteiger partial charge in [-0.25, -0.2) is 4.98 Å². The highest BCUT2D eigenvalue weighted by atomic mass is 16.2. The van der Waals surface area contributed by atoms with Gasteiger partial charge in [0.2, 0.25) is 0 Å². The highest BCUT2D eigenvalue weighted by molar-refractivity contribution is 6.41. The van der Waals surface area contributed by atoms with Crippen LogP contribution in [0.25, 0.3) is 81.3 Å². The molecule has 0 atom stereocenters. The van der Waals surface area contributed by atoms with E-state index < -0.39 is 0 Å². The number of rotatable bonds is 15. The third kappa shape index (κ3) is 5.43. The topological polar surface area (TPSA) is 71.8 Å². The maximum atomic E-state index is 14.4. The Labute approximate surface area is 325 Å². The second-order valence-electron chi connectivity index (χ2n) is 16.3. The van der Waals surface area contributed by atoms with E-state index in [0.717, 1.165) is 89.5 Å². The lowest BCUT2D eigenvalue weighted by Crippen LogP contribution is -2.40. The van der Waals surface area contributed by atoms with Crippen molar-refractivity contribution in [1.29, 1.82) is 0 Å². The van der Waals surface area contributed by atoms with Gasteiger partial charge in [0.25, 0.3) is 17.4 Å². The highest BCUT2D eigenvalue weighted by Crippen LogP contribution is 2.46. The SMILES string of the molecule is CCCCCCCCCCCCCCCCN1C(=O)c2ccc3c4ccc5c(=O)n6c7cc8ccccc8cc7nc6c6ccc(c7ccc(c2c37)C1=O)c4c56. The Hall–Kier alpha value is -5.62. The molecule has 0 radical (unpaired) electrons. The van der Waals surface area contributed by atoms with E-state index in [1.165, 1.54) is 75.5 Å². The van der Waals surface area contributed by atoms with Gasteiger partial charge in [-0.05, 0) is 85.9 Å². The van der Waals surface area contributed by atoms with E-state index in [9.17, 15) is 14.4 Å². The van der Waals surface area contributed by atoms with Crippen LogP contribution in [0.15, 0.2) is 89.7 Å². The number of hydrogen-bond donors (Lipinski definition) is 0. The van der Waals surface area contributed by atoms with Crippen LogP contribution in [0.1, 0.15) is 118 Å². The summed E-state index contributed by atoms with van der Waals surface area (Å²) in [5, 5.41) is 11.3. The van der Waals surface area contributed by atoms with Crippen LogP contribution >= 0.6 is 0 Å². The molecule has 0 saturated carbocycles. The van der Waals surface area contributed by atoms with Crippen LogP contribution < -0.4 is 5.56 Å². The van der Waals surface area contributed by atoms with Crippen molar-refractivity contribution in [3.63, 3.8) is 0 Å². The molecule has 0 aliphatic carbocycles. The fourth-order valence-electron chi connectivity index (χ4n) is 9.93. The number of carbonyl (C=O) groups is 2. The van der Waals surface area contributed by atoms with Gasteiger partial charge in [0.1, 0.15) is 5.65 Å². The molecule has 1 aliphatic rings. The van der Waals surface area contributed by atoms with E-state index in [4.69, 9.17) is 4.98 Å². The standard InChI is InChI=1S/C50H47N3O3/c1-2-3-4-5-6-7-8-9-10-11-12-13-14-17-28-52-48(54)38-25-21-35-33-20-24-37-45-40(27-23-34(43(33)45)36-22-26-39(49(52)55)46(38)44(35)36)50(56)53-42-30-32-19-16-15-18-31(32)29-41(42)51-47(37)53/h15-16,18-27,29-30H,2-14,17,28H2,1H3. The Bertz CT molecular complexity index is 2980. The zero-order valence-electron chi connectivity index (χ0n) is 32.3. The van der Waals surface area contributed by atoms with Gasteiger partial charge in [-0.3, -0.25) is 23.7 Å². The molecule has 56 heavy (non-hydrogen) atoms. The van der Waals surface area contributed by atoms with E-state index in [2.05, 4.69) is 43.3 Å². The lowest BCUT2D eigenvalue weighted by atomic mass is 9.84. The second kappa shape index (κ2) is 14.1. The van der Waals surface area contributed by atoms with Gasteiger partial charge >= 0.3 is 0 Å². The summed E-state index contributed by atoms with van der Waals surface area (Å²) >= 11 is 0. The third-order valence-corrected chi connectivity index (χ3v) is 12.8. The summed E-state index contributed by atoms with van der Waals surface area (Å²) in [5.74, 6) is -0.400. The predicted molar refractivity (Wildman–Crippen MR) is 232 cm³/mol. The molecule has 0 fully saturated rings. The normalized spacial score (nSPS) is 13.6. The Morgan fingerprint density at radius 3 is 1.54 bits per heavy atom. The predicted octanol–water partition coefficient (Wildman–Crippen LogP) is 12.7. The molecular weight excluding hydrogens is 691 g/mol. The van der Waals surface area contributed by atoms with Crippen molar-refractivity contribution in [3.8, 4) is 0 Å². The van der Waals surface area contributed by atoms with Gasteiger partial charge in [-0.15, -0.1) is 0 Å². The van der Waals surface area contributed by atoms with Crippen molar-refractivity contribution < 1.29 is 9.59 Å². The van der Waals surface area contributed by atoms with Crippen LogP contribution in [0.2, 0.25) is 0 Å². The molecule has 7 aromatic carbocycles. The molecule has 2 aromatic heterocycles. The molecule has 0 N–H and O–H groups in total. The lowest BCUT2D eigenvalue weighted by Gasteiger charge is -2.28. The highest BCUT2D eigenvalue weighted by Gasteiger charge is 2.34. The molecule has 280 valence electrons. The van der Waals surface area contributed by atoms with Crippen LogP contribution in [-0.2, 0) is 0 Å². The van der Waals surface area contributed by atoms with E-state index in [1.54, 1.807) is 4.40 Å². The molecule has 3 heterocycles. The first-order valence-corrected chi connectivity index (χ1v) is 21.1. The summed E-state index contributed by atoms with van der Waals surface area (Å²) in [6.45, 7) is 2.72. The fourth-order valence-corrected chi connectivity index (χ4v) is 9.93. The van der Waals surface area contributed by atoms with Gasteiger partial charge in [0, 0.05) is 39.2 Å². The number of hydrogen-bond acceptors (Lipinski definition) is 4. The number of carbonyl (C=O) groups excluding carboxylic acids is 2. The Balaban J connectivity index is 0.932. The van der Waals surface area contributed by atoms with E-state index in [-0.39, 0.29) is 17.4 Å². The van der Waals surface area contributed by atoms with Crippen molar-refractivity contribution in [1.82, 2.24) is 14.3 Å². The van der Waals surface area contributed by atoms with Gasteiger partial charge < -0.3 is 0 Å². The summed E-state index contributed by atoms with van der Waals surface area (Å²) < 4.78 is 1.77. The number of pyridine rings is 1. The lowest BCUT2D eigenvalue weighted by molar-refractivity contribution is 0.0607. The van der Waals surface area contributed by atoms with Crippen LogP contribution in [0.3, 0.4) is 0 Å².